The highest BCUT2D eigenvalue weighted by atomic mass is 19.1. The van der Waals surface area contributed by atoms with Gasteiger partial charge in [0.2, 0.25) is 0 Å². The molecule has 1 heterocycles. The van der Waals surface area contributed by atoms with Crippen LogP contribution in [0.1, 0.15) is 24.8 Å². The molecule has 1 atom stereocenters. The smallest absolute Gasteiger partial charge is 0.303 e. The van der Waals surface area contributed by atoms with Crippen LogP contribution in [0, 0.1) is 17.6 Å². The second-order valence-corrected chi connectivity index (χ2v) is 5.08. The number of hydrogen-bond donors (Lipinski definition) is 1. The Bertz CT molecular complexity index is 465. The zero-order chi connectivity index (χ0) is 13.8. The van der Waals surface area contributed by atoms with Gasteiger partial charge in [-0.05, 0) is 31.4 Å². The number of carbonyl (C=O) groups is 1. The number of likely N-dealkylation sites (tertiary alicyclic amines) is 1. The molecule has 0 aliphatic carbocycles. The van der Waals surface area contributed by atoms with Gasteiger partial charge in [-0.3, -0.25) is 9.69 Å². The minimum absolute atomic E-state index is 0.120. The largest absolute Gasteiger partial charge is 0.481 e. The van der Waals surface area contributed by atoms with Crippen LogP contribution >= 0.6 is 0 Å². The highest BCUT2D eigenvalue weighted by Crippen LogP contribution is 2.22. The first-order chi connectivity index (χ1) is 9.04. The third-order valence-electron chi connectivity index (χ3n) is 3.48. The van der Waals surface area contributed by atoms with Crippen LogP contribution in [0.5, 0.6) is 0 Å². The van der Waals surface area contributed by atoms with Gasteiger partial charge in [-0.1, -0.05) is 6.07 Å². The van der Waals surface area contributed by atoms with Gasteiger partial charge in [0.05, 0.1) is 0 Å². The van der Waals surface area contributed by atoms with Crippen molar-refractivity contribution < 1.29 is 18.7 Å². The lowest BCUT2D eigenvalue weighted by Crippen LogP contribution is -2.36. The average Bonchev–Trinajstić information content (AvgIpc) is 2.32. The molecule has 0 amide bonds. The van der Waals surface area contributed by atoms with Crippen LogP contribution in [0.4, 0.5) is 8.78 Å². The minimum atomic E-state index is -0.792. The zero-order valence-corrected chi connectivity index (χ0v) is 10.6. The normalized spacial score (nSPS) is 20.4. The molecule has 0 bridgehead atoms. The number of rotatable bonds is 4. The standard InChI is InChI=1S/C14H17F2NO2/c15-12-4-3-11(13(16)7-12)9-17-5-1-2-10(8-17)6-14(18)19/h3-4,7,10H,1-2,5-6,8-9H2,(H,18,19). The predicted octanol–water partition coefficient (Wildman–Crippen LogP) is 2.65. The second kappa shape index (κ2) is 6.10. The third kappa shape index (κ3) is 3.99. The van der Waals surface area contributed by atoms with Crippen molar-refractivity contribution >= 4 is 5.97 Å². The summed E-state index contributed by atoms with van der Waals surface area (Å²) in [7, 11) is 0. The summed E-state index contributed by atoms with van der Waals surface area (Å²) in [6, 6.07) is 3.58. The quantitative estimate of drug-likeness (QED) is 0.913. The number of hydrogen-bond acceptors (Lipinski definition) is 2. The fraction of sp³-hybridized carbons (Fsp3) is 0.500. The number of halogens is 2. The molecule has 0 saturated carbocycles. The minimum Gasteiger partial charge on any atom is -0.481 e. The summed E-state index contributed by atoms with van der Waals surface area (Å²) >= 11 is 0. The molecule has 19 heavy (non-hydrogen) atoms. The Morgan fingerprint density at radius 3 is 2.89 bits per heavy atom. The molecule has 2 rings (SSSR count). The van der Waals surface area contributed by atoms with Crippen LogP contribution in [-0.4, -0.2) is 29.1 Å². The summed E-state index contributed by atoms with van der Waals surface area (Å²) < 4.78 is 26.4. The molecule has 1 fully saturated rings. The van der Waals surface area contributed by atoms with E-state index in [0.29, 0.717) is 18.7 Å². The number of carboxylic acids is 1. The SMILES string of the molecule is O=C(O)CC1CCCN(Cc2ccc(F)cc2F)C1. The number of piperidine rings is 1. The Labute approximate surface area is 110 Å². The van der Waals surface area contributed by atoms with Crippen LogP contribution in [0.15, 0.2) is 18.2 Å². The molecule has 1 aromatic rings. The summed E-state index contributed by atoms with van der Waals surface area (Å²) in [5.74, 6) is -1.79. The molecule has 1 aromatic carbocycles. The molecular weight excluding hydrogens is 252 g/mol. The Morgan fingerprint density at radius 1 is 1.42 bits per heavy atom. The van der Waals surface area contributed by atoms with Gasteiger partial charge in [-0.2, -0.15) is 0 Å². The lowest BCUT2D eigenvalue weighted by molar-refractivity contribution is -0.138. The van der Waals surface area contributed by atoms with E-state index in [0.717, 1.165) is 25.5 Å². The zero-order valence-electron chi connectivity index (χ0n) is 10.6. The lowest BCUT2D eigenvalue weighted by Gasteiger charge is -2.32. The molecule has 104 valence electrons. The molecule has 3 nitrogen and oxygen atoms in total. The van der Waals surface area contributed by atoms with Crippen LogP contribution in [0.2, 0.25) is 0 Å². The molecule has 5 heteroatoms. The maximum absolute atomic E-state index is 13.6. The Morgan fingerprint density at radius 2 is 2.21 bits per heavy atom. The van der Waals surface area contributed by atoms with E-state index in [1.165, 1.54) is 12.1 Å². The number of nitrogens with zero attached hydrogens (tertiary/aromatic N) is 1. The van der Waals surface area contributed by atoms with Gasteiger partial charge in [0.25, 0.3) is 0 Å². The first kappa shape index (κ1) is 13.9. The van der Waals surface area contributed by atoms with Gasteiger partial charge >= 0.3 is 5.97 Å². The Hall–Kier alpha value is -1.49. The summed E-state index contributed by atoms with van der Waals surface area (Å²) in [5.41, 5.74) is 0.456. The number of aliphatic carboxylic acids is 1. The molecule has 1 unspecified atom stereocenters. The second-order valence-electron chi connectivity index (χ2n) is 5.08. The van der Waals surface area contributed by atoms with Crippen molar-refractivity contribution in [3.8, 4) is 0 Å². The van der Waals surface area contributed by atoms with Gasteiger partial charge in [0.1, 0.15) is 11.6 Å². The van der Waals surface area contributed by atoms with E-state index in [1.54, 1.807) is 0 Å². The van der Waals surface area contributed by atoms with E-state index in [2.05, 4.69) is 0 Å². The summed E-state index contributed by atoms with van der Waals surface area (Å²) in [6.07, 6.45) is 1.97. The van der Waals surface area contributed by atoms with Crippen molar-refractivity contribution in [2.45, 2.75) is 25.8 Å². The summed E-state index contributed by atoms with van der Waals surface area (Å²) in [5, 5.41) is 8.80. The van der Waals surface area contributed by atoms with E-state index >= 15 is 0 Å². The van der Waals surface area contributed by atoms with Gasteiger partial charge in [0, 0.05) is 31.1 Å². The van der Waals surface area contributed by atoms with Crippen LogP contribution in [-0.2, 0) is 11.3 Å². The van der Waals surface area contributed by atoms with Gasteiger partial charge in [-0.15, -0.1) is 0 Å². The van der Waals surface area contributed by atoms with Gasteiger partial charge in [0.15, 0.2) is 0 Å². The summed E-state index contributed by atoms with van der Waals surface area (Å²) in [6.45, 7) is 1.89. The molecule has 1 N–H and O–H groups in total. The van der Waals surface area contributed by atoms with Crippen molar-refractivity contribution in [1.82, 2.24) is 4.90 Å². The fourth-order valence-electron chi connectivity index (χ4n) is 2.60. The van der Waals surface area contributed by atoms with E-state index in [1.807, 2.05) is 4.90 Å². The van der Waals surface area contributed by atoms with Crippen molar-refractivity contribution in [1.29, 1.82) is 0 Å². The van der Waals surface area contributed by atoms with Crippen molar-refractivity contribution in [2.24, 2.45) is 5.92 Å². The average molecular weight is 269 g/mol. The van der Waals surface area contributed by atoms with E-state index in [-0.39, 0.29) is 12.3 Å². The Balaban J connectivity index is 1.96. The first-order valence-corrected chi connectivity index (χ1v) is 6.42. The van der Waals surface area contributed by atoms with Crippen molar-refractivity contribution in [2.75, 3.05) is 13.1 Å². The topological polar surface area (TPSA) is 40.5 Å². The first-order valence-electron chi connectivity index (χ1n) is 6.42. The van der Waals surface area contributed by atoms with Gasteiger partial charge in [-0.25, -0.2) is 8.78 Å². The lowest BCUT2D eigenvalue weighted by atomic mass is 9.94. The highest BCUT2D eigenvalue weighted by molar-refractivity contribution is 5.67. The van der Waals surface area contributed by atoms with Crippen LogP contribution in [0.3, 0.4) is 0 Å². The van der Waals surface area contributed by atoms with Crippen molar-refractivity contribution in [3.63, 3.8) is 0 Å². The van der Waals surface area contributed by atoms with Crippen LogP contribution < -0.4 is 0 Å². The molecule has 1 aliphatic heterocycles. The van der Waals surface area contributed by atoms with E-state index < -0.39 is 17.6 Å². The molecule has 0 spiro atoms. The van der Waals surface area contributed by atoms with Crippen molar-refractivity contribution in [3.05, 3.63) is 35.4 Å². The fourth-order valence-corrected chi connectivity index (χ4v) is 2.60. The van der Waals surface area contributed by atoms with Crippen LogP contribution in [0.25, 0.3) is 0 Å². The van der Waals surface area contributed by atoms with E-state index in [4.69, 9.17) is 5.11 Å². The number of carboxylic acid groups (broad SMARTS) is 1. The maximum atomic E-state index is 13.6. The molecular formula is C14H17F2NO2. The highest BCUT2D eigenvalue weighted by Gasteiger charge is 2.22. The number of benzene rings is 1. The predicted molar refractivity (Wildman–Crippen MR) is 66.6 cm³/mol. The van der Waals surface area contributed by atoms with Gasteiger partial charge < -0.3 is 5.11 Å². The summed E-state index contributed by atoms with van der Waals surface area (Å²) in [4.78, 5) is 12.7. The molecule has 1 aliphatic rings. The molecule has 0 aromatic heterocycles. The monoisotopic (exact) mass is 269 g/mol. The molecule has 1 saturated heterocycles. The third-order valence-corrected chi connectivity index (χ3v) is 3.48. The Kier molecular flexibility index (Phi) is 4.47. The molecule has 0 radical (unpaired) electrons. The van der Waals surface area contributed by atoms with E-state index in [9.17, 15) is 13.6 Å². The maximum Gasteiger partial charge on any atom is 0.303 e.